The summed E-state index contributed by atoms with van der Waals surface area (Å²) < 4.78 is 7.75. The highest BCUT2D eigenvalue weighted by molar-refractivity contribution is 5.90. The fraction of sp³-hybridized carbons (Fsp3) is 0.444. The van der Waals surface area contributed by atoms with Gasteiger partial charge in [-0.2, -0.15) is 0 Å². The lowest BCUT2D eigenvalue weighted by Gasteiger charge is -2.56. The molecule has 6 rings (SSSR count). The Morgan fingerprint density at radius 3 is 2.55 bits per heavy atom. The van der Waals surface area contributed by atoms with Crippen molar-refractivity contribution >= 4 is 16.8 Å². The number of hydrogen-bond donors (Lipinski definition) is 1. The molecule has 0 bridgehead atoms. The molecule has 1 aromatic heterocycles. The number of amides is 1. The highest BCUT2D eigenvalue weighted by Gasteiger charge is 2.55. The van der Waals surface area contributed by atoms with Gasteiger partial charge in [0.2, 0.25) is 5.91 Å². The molecule has 3 aliphatic rings. The van der Waals surface area contributed by atoms with Gasteiger partial charge < -0.3 is 19.3 Å². The molecule has 0 unspecified atom stereocenters. The predicted octanol–water partition coefficient (Wildman–Crippen LogP) is 3.23. The molecule has 1 aliphatic carbocycles. The molecule has 1 N–H and O–H groups in total. The number of aliphatic hydroxyl groups excluding tert-OH is 1. The highest BCUT2D eigenvalue weighted by atomic mass is 16.5. The number of likely N-dealkylation sites (tertiary alicyclic amines) is 1. The monoisotopic (exact) mass is 445 g/mol. The van der Waals surface area contributed by atoms with Crippen LogP contribution in [0, 0.1) is 5.92 Å². The van der Waals surface area contributed by atoms with Gasteiger partial charge in [-0.25, -0.2) is 0 Å². The van der Waals surface area contributed by atoms with Crippen molar-refractivity contribution in [2.45, 2.75) is 30.8 Å². The zero-order chi connectivity index (χ0) is 22.7. The van der Waals surface area contributed by atoms with E-state index < -0.39 is 0 Å². The molecule has 1 saturated heterocycles. The van der Waals surface area contributed by atoms with Gasteiger partial charge in [0, 0.05) is 61.7 Å². The van der Waals surface area contributed by atoms with Crippen LogP contribution in [0.4, 0.5) is 0 Å². The van der Waals surface area contributed by atoms with Crippen LogP contribution < -0.4 is 4.74 Å². The average Bonchev–Trinajstić information content (AvgIpc) is 3.62. The highest BCUT2D eigenvalue weighted by Crippen LogP contribution is 2.50. The molecule has 172 valence electrons. The lowest BCUT2D eigenvalue weighted by atomic mass is 9.68. The maximum Gasteiger partial charge on any atom is 0.225 e. The van der Waals surface area contributed by atoms with Gasteiger partial charge in [-0.3, -0.25) is 9.69 Å². The van der Waals surface area contributed by atoms with E-state index in [0.717, 1.165) is 50.3 Å². The molecule has 2 aliphatic heterocycles. The normalized spacial score (nSPS) is 21.8. The Morgan fingerprint density at radius 1 is 1.12 bits per heavy atom. The molecule has 1 atom stereocenters. The van der Waals surface area contributed by atoms with Crippen LogP contribution >= 0.6 is 0 Å². The van der Waals surface area contributed by atoms with E-state index in [0.29, 0.717) is 5.91 Å². The average molecular weight is 446 g/mol. The number of rotatable bonds is 5. The lowest BCUT2D eigenvalue weighted by Crippen LogP contribution is -2.67. The SMILES string of the molecule is COc1ccc2c3c(n(C)c2c1)[C@@H](CO)N(Cc1ccccc1)CC31CN(C(=O)C2CC2)C1. The van der Waals surface area contributed by atoms with Gasteiger partial charge >= 0.3 is 0 Å². The van der Waals surface area contributed by atoms with E-state index in [1.54, 1.807) is 7.11 Å². The number of ether oxygens (including phenoxy) is 1. The third kappa shape index (κ3) is 3.19. The van der Waals surface area contributed by atoms with Crippen molar-refractivity contribution in [3.63, 3.8) is 0 Å². The van der Waals surface area contributed by atoms with Crippen LogP contribution in [0.15, 0.2) is 48.5 Å². The summed E-state index contributed by atoms with van der Waals surface area (Å²) in [5.41, 5.74) is 4.72. The van der Waals surface area contributed by atoms with Gasteiger partial charge in [0.1, 0.15) is 5.75 Å². The number of methoxy groups -OCH3 is 1. The van der Waals surface area contributed by atoms with E-state index in [9.17, 15) is 9.90 Å². The molecule has 0 radical (unpaired) electrons. The summed E-state index contributed by atoms with van der Waals surface area (Å²) in [7, 11) is 3.78. The number of aromatic nitrogens is 1. The third-order valence-electron chi connectivity index (χ3n) is 7.87. The molecule has 1 saturated carbocycles. The Morgan fingerprint density at radius 2 is 1.88 bits per heavy atom. The number of aryl methyl sites for hydroxylation is 1. The minimum absolute atomic E-state index is 0.0575. The molecular formula is C27H31N3O3. The van der Waals surface area contributed by atoms with Crippen molar-refractivity contribution in [1.82, 2.24) is 14.4 Å². The largest absolute Gasteiger partial charge is 0.497 e. The zero-order valence-corrected chi connectivity index (χ0v) is 19.3. The van der Waals surface area contributed by atoms with Crippen molar-refractivity contribution in [2.24, 2.45) is 13.0 Å². The van der Waals surface area contributed by atoms with E-state index in [-0.39, 0.29) is 24.0 Å². The molecule has 2 fully saturated rings. The molecule has 1 spiro atoms. The van der Waals surface area contributed by atoms with E-state index in [1.165, 1.54) is 22.2 Å². The second kappa shape index (κ2) is 7.61. The summed E-state index contributed by atoms with van der Waals surface area (Å²) in [5.74, 6) is 1.39. The summed E-state index contributed by atoms with van der Waals surface area (Å²) in [6.07, 6.45) is 2.07. The molecule has 33 heavy (non-hydrogen) atoms. The first-order valence-corrected chi connectivity index (χ1v) is 11.9. The van der Waals surface area contributed by atoms with Gasteiger partial charge in [-0.15, -0.1) is 0 Å². The Balaban J connectivity index is 1.47. The molecular weight excluding hydrogens is 414 g/mol. The number of nitrogens with zero attached hydrogens (tertiary/aromatic N) is 3. The van der Waals surface area contributed by atoms with E-state index in [2.05, 4.69) is 57.8 Å². The van der Waals surface area contributed by atoms with Crippen molar-refractivity contribution in [1.29, 1.82) is 0 Å². The lowest BCUT2D eigenvalue weighted by molar-refractivity contribution is -0.142. The van der Waals surface area contributed by atoms with Gasteiger partial charge in [0.05, 0.1) is 25.3 Å². The number of benzene rings is 2. The summed E-state index contributed by atoms with van der Waals surface area (Å²) in [6, 6.07) is 16.6. The van der Waals surface area contributed by atoms with Crippen LogP contribution in [0.1, 0.15) is 35.7 Å². The summed E-state index contributed by atoms with van der Waals surface area (Å²) >= 11 is 0. The Kier molecular flexibility index (Phi) is 4.78. The first kappa shape index (κ1) is 20.8. The van der Waals surface area contributed by atoms with Crippen molar-refractivity contribution in [3.8, 4) is 5.75 Å². The number of fused-ring (bicyclic) bond motifs is 4. The fourth-order valence-electron chi connectivity index (χ4n) is 6.13. The second-order valence-electron chi connectivity index (χ2n) is 10.0. The van der Waals surface area contributed by atoms with Crippen LogP contribution in [0.5, 0.6) is 5.75 Å². The van der Waals surface area contributed by atoms with Crippen molar-refractivity contribution in [2.75, 3.05) is 33.4 Å². The molecule has 3 heterocycles. The first-order chi connectivity index (χ1) is 16.0. The number of carbonyl (C=O) groups is 1. The minimum atomic E-state index is -0.117. The molecule has 6 heteroatoms. The molecule has 1 amide bonds. The van der Waals surface area contributed by atoms with Crippen LogP contribution in [0.25, 0.3) is 10.9 Å². The summed E-state index contributed by atoms with van der Waals surface area (Å²) in [6.45, 7) is 3.17. The number of aliphatic hydroxyl groups is 1. The van der Waals surface area contributed by atoms with Crippen molar-refractivity contribution in [3.05, 3.63) is 65.4 Å². The van der Waals surface area contributed by atoms with E-state index in [4.69, 9.17) is 4.74 Å². The number of hydrogen-bond acceptors (Lipinski definition) is 4. The maximum absolute atomic E-state index is 12.8. The van der Waals surface area contributed by atoms with E-state index >= 15 is 0 Å². The number of carbonyl (C=O) groups excluding carboxylic acids is 1. The predicted molar refractivity (Wildman–Crippen MR) is 127 cm³/mol. The van der Waals surface area contributed by atoms with Gasteiger partial charge in [-0.05, 0) is 36.1 Å². The molecule has 3 aromatic rings. The van der Waals surface area contributed by atoms with Crippen LogP contribution in [0.3, 0.4) is 0 Å². The smallest absolute Gasteiger partial charge is 0.225 e. The van der Waals surface area contributed by atoms with Gasteiger partial charge in [0.15, 0.2) is 0 Å². The summed E-state index contributed by atoms with van der Waals surface area (Å²) in [4.78, 5) is 17.3. The maximum atomic E-state index is 12.8. The third-order valence-corrected chi connectivity index (χ3v) is 7.87. The molecule has 2 aromatic carbocycles. The topological polar surface area (TPSA) is 57.9 Å². The molecule has 6 nitrogen and oxygen atoms in total. The summed E-state index contributed by atoms with van der Waals surface area (Å²) in [5, 5.41) is 11.8. The van der Waals surface area contributed by atoms with Crippen LogP contribution in [-0.2, 0) is 23.8 Å². The van der Waals surface area contributed by atoms with Crippen LogP contribution in [0.2, 0.25) is 0 Å². The first-order valence-electron chi connectivity index (χ1n) is 11.9. The Hall–Kier alpha value is -2.83. The van der Waals surface area contributed by atoms with Crippen LogP contribution in [-0.4, -0.2) is 58.7 Å². The zero-order valence-electron chi connectivity index (χ0n) is 19.3. The van der Waals surface area contributed by atoms with Gasteiger partial charge in [0.25, 0.3) is 0 Å². The van der Waals surface area contributed by atoms with E-state index in [1.807, 2.05) is 12.1 Å². The fourth-order valence-corrected chi connectivity index (χ4v) is 6.13. The Bertz CT molecular complexity index is 1210. The standard InChI is InChI=1S/C27H31N3O3/c1-28-22-12-20(33-2)10-11-21(22)24-25(28)23(14-31)29(13-18-6-4-3-5-7-18)15-27(24)16-30(17-27)26(32)19-8-9-19/h3-7,10-12,19,23,31H,8-9,13-17H2,1-2H3/t23-/m1/s1. The van der Waals surface area contributed by atoms with Crippen molar-refractivity contribution < 1.29 is 14.6 Å². The second-order valence-corrected chi connectivity index (χ2v) is 10.0. The quantitative estimate of drug-likeness (QED) is 0.655. The Labute approximate surface area is 194 Å². The minimum Gasteiger partial charge on any atom is -0.497 e. The van der Waals surface area contributed by atoms with Gasteiger partial charge in [-0.1, -0.05) is 30.3 Å².